The van der Waals surface area contributed by atoms with E-state index >= 15 is 0 Å². The third-order valence-corrected chi connectivity index (χ3v) is 2.60. The molecule has 0 aliphatic heterocycles. The van der Waals surface area contributed by atoms with Crippen LogP contribution in [-0.2, 0) is 0 Å². The first kappa shape index (κ1) is 12.2. The van der Waals surface area contributed by atoms with E-state index in [2.05, 4.69) is 0 Å². The van der Waals surface area contributed by atoms with Crippen LogP contribution in [0.1, 0.15) is 10.6 Å². The molecule has 0 bridgehead atoms. The molecule has 2 rings (SSSR count). The van der Waals surface area contributed by atoms with Gasteiger partial charge in [0.2, 0.25) is 0 Å². The molecule has 0 unspecified atom stereocenters. The van der Waals surface area contributed by atoms with Crippen LogP contribution < -0.4 is 4.74 Å². The molecule has 0 atom stereocenters. The fraction of sp³-hybridized carbons (Fsp3) is 0.214. The maximum absolute atomic E-state index is 11.7. The topological polar surface area (TPSA) is 42.7 Å². The number of ether oxygens (including phenoxy) is 1. The van der Waals surface area contributed by atoms with Crippen molar-refractivity contribution < 1.29 is 13.9 Å². The lowest BCUT2D eigenvalue weighted by molar-refractivity contribution is 0.0797. The summed E-state index contributed by atoms with van der Waals surface area (Å²) in [6.07, 6.45) is 0. The number of methoxy groups -OCH3 is 1. The van der Waals surface area contributed by atoms with Crippen LogP contribution in [0.25, 0.3) is 11.3 Å². The number of carbonyl (C=O) groups is 1. The molecule has 0 saturated heterocycles. The van der Waals surface area contributed by atoms with Crippen molar-refractivity contribution in [2.45, 2.75) is 0 Å². The molecule has 0 N–H and O–H groups in total. The fourth-order valence-corrected chi connectivity index (χ4v) is 1.58. The summed E-state index contributed by atoms with van der Waals surface area (Å²) in [6, 6.07) is 11.0. The highest BCUT2D eigenvalue weighted by Crippen LogP contribution is 2.24. The van der Waals surface area contributed by atoms with Crippen molar-refractivity contribution in [2.24, 2.45) is 0 Å². The summed E-state index contributed by atoms with van der Waals surface area (Å²) in [6.45, 7) is 0. The first-order valence-electron chi connectivity index (χ1n) is 5.57. The van der Waals surface area contributed by atoms with Gasteiger partial charge in [-0.15, -0.1) is 0 Å². The second kappa shape index (κ2) is 4.96. The maximum Gasteiger partial charge on any atom is 0.289 e. The van der Waals surface area contributed by atoms with E-state index in [-0.39, 0.29) is 5.91 Å². The van der Waals surface area contributed by atoms with E-state index in [0.717, 1.165) is 11.3 Å². The number of hydrogen-bond acceptors (Lipinski definition) is 3. The number of nitrogens with zero attached hydrogens (tertiary/aromatic N) is 1. The molecule has 0 aliphatic rings. The number of benzene rings is 1. The van der Waals surface area contributed by atoms with Gasteiger partial charge in [0, 0.05) is 19.7 Å². The second-order valence-corrected chi connectivity index (χ2v) is 4.09. The molecule has 1 aromatic carbocycles. The third-order valence-electron chi connectivity index (χ3n) is 2.60. The molecule has 4 nitrogen and oxygen atoms in total. The zero-order valence-corrected chi connectivity index (χ0v) is 10.6. The average molecular weight is 245 g/mol. The Morgan fingerprint density at radius 3 is 2.33 bits per heavy atom. The average Bonchev–Trinajstić information content (AvgIpc) is 2.87. The minimum absolute atomic E-state index is 0.144. The summed E-state index contributed by atoms with van der Waals surface area (Å²) in [5.74, 6) is 1.65. The molecule has 94 valence electrons. The van der Waals surface area contributed by atoms with E-state index in [1.54, 1.807) is 33.3 Å². The first-order valence-corrected chi connectivity index (χ1v) is 5.57. The standard InChI is InChI=1S/C14H15NO3/c1-15(2)14(16)13-9-8-12(18-13)10-4-6-11(17-3)7-5-10/h4-9H,1-3H3. The van der Waals surface area contributed by atoms with Gasteiger partial charge in [-0.25, -0.2) is 0 Å². The number of amides is 1. The summed E-state index contributed by atoms with van der Waals surface area (Å²) in [4.78, 5) is 13.2. The number of furan rings is 1. The Kier molecular flexibility index (Phi) is 3.37. The molecule has 1 aromatic heterocycles. The Balaban J connectivity index is 2.26. The lowest BCUT2D eigenvalue weighted by Gasteiger charge is -2.06. The lowest BCUT2D eigenvalue weighted by Crippen LogP contribution is -2.20. The molecule has 0 radical (unpaired) electrons. The van der Waals surface area contributed by atoms with Gasteiger partial charge in [0.25, 0.3) is 5.91 Å². The van der Waals surface area contributed by atoms with Gasteiger partial charge in [-0.05, 0) is 36.4 Å². The van der Waals surface area contributed by atoms with Crippen LogP contribution in [0.3, 0.4) is 0 Å². The Bertz CT molecular complexity index is 540. The summed E-state index contributed by atoms with van der Waals surface area (Å²) >= 11 is 0. The predicted octanol–water partition coefficient (Wildman–Crippen LogP) is 2.66. The Labute approximate surface area is 106 Å². The number of rotatable bonds is 3. The second-order valence-electron chi connectivity index (χ2n) is 4.09. The SMILES string of the molecule is COc1ccc(-c2ccc(C(=O)N(C)C)o2)cc1. The fourth-order valence-electron chi connectivity index (χ4n) is 1.58. The molecular formula is C14H15NO3. The monoisotopic (exact) mass is 245 g/mol. The normalized spacial score (nSPS) is 10.2. The van der Waals surface area contributed by atoms with E-state index in [4.69, 9.17) is 9.15 Å². The van der Waals surface area contributed by atoms with Gasteiger partial charge in [0.1, 0.15) is 11.5 Å². The van der Waals surface area contributed by atoms with Crippen molar-refractivity contribution in [3.63, 3.8) is 0 Å². The van der Waals surface area contributed by atoms with Crippen LogP contribution in [-0.4, -0.2) is 32.0 Å². The minimum atomic E-state index is -0.144. The Hall–Kier alpha value is -2.23. The van der Waals surface area contributed by atoms with Crippen LogP contribution in [0.5, 0.6) is 5.75 Å². The molecule has 0 spiro atoms. The molecule has 1 amide bonds. The highest BCUT2D eigenvalue weighted by atomic mass is 16.5. The molecule has 0 aliphatic carbocycles. The molecule has 0 saturated carbocycles. The van der Waals surface area contributed by atoms with Crippen molar-refractivity contribution in [3.05, 3.63) is 42.2 Å². The van der Waals surface area contributed by atoms with Crippen LogP contribution in [0, 0.1) is 0 Å². The van der Waals surface area contributed by atoms with Crippen molar-refractivity contribution in [2.75, 3.05) is 21.2 Å². The van der Waals surface area contributed by atoms with Crippen molar-refractivity contribution >= 4 is 5.91 Å². The Morgan fingerprint density at radius 1 is 1.11 bits per heavy atom. The van der Waals surface area contributed by atoms with Gasteiger partial charge in [0.15, 0.2) is 5.76 Å². The molecular weight excluding hydrogens is 230 g/mol. The van der Waals surface area contributed by atoms with Gasteiger partial charge < -0.3 is 14.1 Å². The Morgan fingerprint density at radius 2 is 1.78 bits per heavy atom. The van der Waals surface area contributed by atoms with Crippen LogP contribution in [0.2, 0.25) is 0 Å². The van der Waals surface area contributed by atoms with E-state index in [0.29, 0.717) is 11.5 Å². The van der Waals surface area contributed by atoms with Crippen LogP contribution in [0.4, 0.5) is 0 Å². The summed E-state index contributed by atoms with van der Waals surface area (Å²) in [7, 11) is 5.01. The maximum atomic E-state index is 11.7. The van der Waals surface area contributed by atoms with Crippen molar-refractivity contribution in [1.82, 2.24) is 4.90 Å². The molecule has 4 heteroatoms. The molecule has 18 heavy (non-hydrogen) atoms. The minimum Gasteiger partial charge on any atom is -0.497 e. The molecule has 2 aromatic rings. The quantitative estimate of drug-likeness (QED) is 0.834. The van der Waals surface area contributed by atoms with Gasteiger partial charge in [0.05, 0.1) is 7.11 Å². The van der Waals surface area contributed by atoms with Crippen LogP contribution in [0.15, 0.2) is 40.8 Å². The number of hydrogen-bond donors (Lipinski definition) is 0. The lowest BCUT2D eigenvalue weighted by atomic mass is 10.2. The largest absolute Gasteiger partial charge is 0.497 e. The van der Waals surface area contributed by atoms with Gasteiger partial charge in [-0.2, -0.15) is 0 Å². The van der Waals surface area contributed by atoms with Gasteiger partial charge in [-0.1, -0.05) is 0 Å². The summed E-state index contributed by atoms with van der Waals surface area (Å²) < 4.78 is 10.6. The molecule has 0 fully saturated rings. The smallest absolute Gasteiger partial charge is 0.289 e. The van der Waals surface area contributed by atoms with E-state index < -0.39 is 0 Å². The summed E-state index contributed by atoms with van der Waals surface area (Å²) in [5.41, 5.74) is 0.911. The van der Waals surface area contributed by atoms with Crippen molar-refractivity contribution in [1.29, 1.82) is 0 Å². The van der Waals surface area contributed by atoms with E-state index in [9.17, 15) is 4.79 Å². The van der Waals surface area contributed by atoms with E-state index in [1.165, 1.54) is 4.90 Å². The first-order chi connectivity index (χ1) is 8.61. The highest BCUT2D eigenvalue weighted by Gasteiger charge is 2.13. The highest BCUT2D eigenvalue weighted by molar-refractivity contribution is 5.91. The van der Waals surface area contributed by atoms with E-state index in [1.807, 2.05) is 24.3 Å². The zero-order chi connectivity index (χ0) is 13.1. The summed E-state index contributed by atoms with van der Waals surface area (Å²) in [5, 5.41) is 0. The van der Waals surface area contributed by atoms with Gasteiger partial charge >= 0.3 is 0 Å². The van der Waals surface area contributed by atoms with Crippen LogP contribution >= 0.6 is 0 Å². The van der Waals surface area contributed by atoms with Crippen molar-refractivity contribution in [3.8, 4) is 17.1 Å². The van der Waals surface area contributed by atoms with Gasteiger partial charge in [-0.3, -0.25) is 4.79 Å². The third kappa shape index (κ3) is 2.37. The molecule has 1 heterocycles. The number of carbonyl (C=O) groups excluding carboxylic acids is 1. The zero-order valence-electron chi connectivity index (χ0n) is 10.6. The predicted molar refractivity (Wildman–Crippen MR) is 68.7 cm³/mol.